The fraction of sp³-hybridized carbons (Fsp3) is 0.556. The number of nitrogens with zero attached hydrogens (tertiary/aromatic N) is 1. The number of anilines is 1. The van der Waals surface area contributed by atoms with Gasteiger partial charge in [0.25, 0.3) is 0 Å². The lowest BCUT2D eigenvalue weighted by atomic mass is 10.0. The van der Waals surface area contributed by atoms with Gasteiger partial charge in [0.1, 0.15) is 5.75 Å². The molecule has 3 rings (SSSR count). The van der Waals surface area contributed by atoms with E-state index in [0.29, 0.717) is 6.04 Å². The van der Waals surface area contributed by atoms with E-state index in [2.05, 4.69) is 48.3 Å². The molecule has 3 heteroatoms. The van der Waals surface area contributed by atoms with Gasteiger partial charge in [-0.2, -0.15) is 0 Å². The lowest BCUT2D eigenvalue weighted by molar-refractivity contribution is 0.240. The molecule has 1 aromatic rings. The lowest BCUT2D eigenvalue weighted by Crippen LogP contribution is -2.39. The summed E-state index contributed by atoms with van der Waals surface area (Å²) in [6.45, 7) is 8.66. The lowest BCUT2D eigenvalue weighted by Gasteiger charge is -2.32. The van der Waals surface area contributed by atoms with Crippen LogP contribution in [0.1, 0.15) is 32.3 Å². The van der Waals surface area contributed by atoms with Crippen LogP contribution in [-0.4, -0.2) is 37.2 Å². The Morgan fingerprint density at radius 2 is 2.14 bits per heavy atom. The number of allylic oxidation sites excluding steroid dienone is 1. The van der Waals surface area contributed by atoms with Gasteiger partial charge >= 0.3 is 0 Å². The SMILES string of the molecule is CC(C)=CCN1CCC(Nc2ccc3c(c2)CCO3)CC1. The van der Waals surface area contributed by atoms with Crippen LogP contribution in [-0.2, 0) is 6.42 Å². The molecule has 0 aliphatic carbocycles. The second kappa shape index (κ2) is 6.52. The third-order valence-electron chi connectivity index (χ3n) is 4.41. The number of hydrogen-bond donors (Lipinski definition) is 1. The fourth-order valence-electron chi connectivity index (χ4n) is 3.08. The molecular weight excluding hydrogens is 260 g/mol. The van der Waals surface area contributed by atoms with E-state index in [1.54, 1.807) is 0 Å². The van der Waals surface area contributed by atoms with Crippen molar-refractivity contribution in [3.05, 3.63) is 35.4 Å². The van der Waals surface area contributed by atoms with Crippen LogP contribution < -0.4 is 10.1 Å². The first-order chi connectivity index (χ1) is 10.2. The maximum Gasteiger partial charge on any atom is 0.122 e. The molecule has 0 aromatic heterocycles. The van der Waals surface area contributed by atoms with Gasteiger partial charge in [-0.05, 0) is 50.5 Å². The molecule has 1 fully saturated rings. The van der Waals surface area contributed by atoms with Crippen molar-refractivity contribution in [2.24, 2.45) is 0 Å². The van der Waals surface area contributed by atoms with E-state index in [9.17, 15) is 0 Å². The molecule has 0 unspecified atom stereocenters. The van der Waals surface area contributed by atoms with Gasteiger partial charge in [0.05, 0.1) is 6.61 Å². The highest BCUT2D eigenvalue weighted by Crippen LogP contribution is 2.28. The molecule has 2 aliphatic heterocycles. The van der Waals surface area contributed by atoms with Gasteiger partial charge in [0.15, 0.2) is 0 Å². The Kier molecular flexibility index (Phi) is 4.49. The van der Waals surface area contributed by atoms with Crippen LogP contribution in [0.2, 0.25) is 0 Å². The summed E-state index contributed by atoms with van der Waals surface area (Å²) in [7, 11) is 0. The summed E-state index contributed by atoms with van der Waals surface area (Å²) in [4.78, 5) is 2.54. The van der Waals surface area contributed by atoms with Crippen molar-refractivity contribution in [1.29, 1.82) is 0 Å². The molecule has 3 nitrogen and oxygen atoms in total. The highest BCUT2D eigenvalue weighted by Gasteiger charge is 2.19. The Balaban J connectivity index is 1.50. The number of ether oxygens (including phenoxy) is 1. The predicted octanol–water partition coefficient (Wildman–Crippen LogP) is 3.46. The van der Waals surface area contributed by atoms with Crippen molar-refractivity contribution >= 4 is 5.69 Å². The highest BCUT2D eigenvalue weighted by atomic mass is 16.5. The molecule has 2 aliphatic rings. The van der Waals surface area contributed by atoms with Crippen LogP contribution >= 0.6 is 0 Å². The summed E-state index contributed by atoms with van der Waals surface area (Å²) >= 11 is 0. The first kappa shape index (κ1) is 14.5. The highest BCUT2D eigenvalue weighted by molar-refractivity contribution is 5.53. The van der Waals surface area contributed by atoms with E-state index in [0.717, 1.165) is 25.3 Å². The van der Waals surface area contributed by atoms with Gasteiger partial charge in [-0.3, -0.25) is 4.90 Å². The Labute approximate surface area is 128 Å². The molecule has 1 N–H and O–H groups in total. The van der Waals surface area contributed by atoms with E-state index in [1.165, 1.54) is 42.8 Å². The van der Waals surface area contributed by atoms with Crippen LogP contribution in [0, 0.1) is 0 Å². The number of rotatable bonds is 4. The predicted molar refractivity (Wildman–Crippen MR) is 88.2 cm³/mol. The van der Waals surface area contributed by atoms with Crippen LogP contribution in [0.15, 0.2) is 29.8 Å². The summed E-state index contributed by atoms with van der Waals surface area (Å²) in [5.74, 6) is 1.07. The summed E-state index contributed by atoms with van der Waals surface area (Å²) in [6, 6.07) is 7.12. The topological polar surface area (TPSA) is 24.5 Å². The number of piperidine rings is 1. The monoisotopic (exact) mass is 286 g/mol. The number of likely N-dealkylation sites (tertiary alicyclic amines) is 1. The molecule has 1 aromatic carbocycles. The average Bonchev–Trinajstić information content (AvgIpc) is 2.94. The van der Waals surface area contributed by atoms with Crippen molar-refractivity contribution in [3.8, 4) is 5.75 Å². The van der Waals surface area contributed by atoms with Gasteiger partial charge in [-0.1, -0.05) is 11.6 Å². The van der Waals surface area contributed by atoms with Gasteiger partial charge < -0.3 is 10.1 Å². The normalized spacial score (nSPS) is 19.0. The minimum atomic E-state index is 0.605. The van der Waals surface area contributed by atoms with Crippen molar-refractivity contribution < 1.29 is 4.74 Å². The van der Waals surface area contributed by atoms with Crippen LogP contribution in [0.25, 0.3) is 0 Å². The molecule has 0 atom stereocenters. The van der Waals surface area contributed by atoms with Gasteiger partial charge in [-0.15, -0.1) is 0 Å². The third-order valence-corrected chi connectivity index (χ3v) is 4.41. The first-order valence-corrected chi connectivity index (χ1v) is 8.09. The van der Waals surface area contributed by atoms with Crippen LogP contribution in [0.5, 0.6) is 5.75 Å². The zero-order valence-electron chi connectivity index (χ0n) is 13.2. The van der Waals surface area contributed by atoms with Crippen molar-refractivity contribution in [2.75, 3.05) is 31.6 Å². The molecule has 2 heterocycles. The third kappa shape index (κ3) is 3.79. The molecule has 0 amide bonds. The quantitative estimate of drug-likeness (QED) is 0.858. The molecule has 21 heavy (non-hydrogen) atoms. The van der Waals surface area contributed by atoms with Crippen LogP contribution in [0.3, 0.4) is 0 Å². The van der Waals surface area contributed by atoms with E-state index in [1.807, 2.05) is 0 Å². The number of hydrogen-bond acceptors (Lipinski definition) is 3. The summed E-state index contributed by atoms with van der Waals surface area (Å²) in [6.07, 6.45) is 5.83. The molecule has 1 saturated heterocycles. The van der Waals surface area contributed by atoms with E-state index in [4.69, 9.17) is 4.74 Å². The molecule has 0 spiro atoms. The Bertz CT molecular complexity index is 512. The van der Waals surface area contributed by atoms with Gasteiger partial charge in [-0.25, -0.2) is 0 Å². The molecular formula is C18H26N2O. The Morgan fingerprint density at radius 3 is 2.90 bits per heavy atom. The second-order valence-corrected chi connectivity index (χ2v) is 6.42. The Morgan fingerprint density at radius 1 is 1.33 bits per heavy atom. The largest absolute Gasteiger partial charge is 0.493 e. The molecule has 0 bridgehead atoms. The van der Waals surface area contributed by atoms with Crippen molar-refractivity contribution in [1.82, 2.24) is 4.90 Å². The molecule has 0 saturated carbocycles. The second-order valence-electron chi connectivity index (χ2n) is 6.42. The van der Waals surface area contributed by atoms with Crippen molar-refractivity contribution in [3.63, 3.8) is 0 Å². The van der Waals surface area contributed by atoms with Gasteiger partial charge in [0.2, 0.25) is 0 Å². The maximum atomic E-state index is 5.56. The van der Waals surface area contributed by atoms with E-state index < -0.39 is 0 Å². The molecule has 0 radical (unpaired) electrons. The fourth-order valence-corrected chi connectivity index (χ4v) is 3.08. The minimum Gasteiger partial charge on any atom is -0.493 e. The average molecular weight is 286 g/mol. The van der Waals surface area contributed by atoms with Crippen molar-refractivity contribution in [2.45, 2.75) is 39.2 Å². The molecule has 114 valence electrons. The standard InChI is InChI=1S/C18H26N2O/c1-14(2)5-9-20-10-6-16(7-11-20)19-17-3-4-18-15(13-17)8-12-21-18/h3-5,13,16,19H,6-12H2,1-2H3. The Hall–Kier alpha value is -1.48. The minimum absolute atomic E-state index is 0.605. The zero-order chi connectivity index (χ0) is 14.7. The summed E-state index contributed by atoms with van der Waals surface area (Å²) in [5.41, 5.74) is 4.01. The van der Waals surface area contributed by atoms with Crippen LogP contribution in [0.4, 0.5) is 5.69 Å². The number of benzene rings is 1. The number of fused-ring (bicyclic) bond motifs is 1. The first-order valence-electron chi connectivity index (χ1n) is 8.09. The number of nitrogens with one attached hydrogen (secondary N) is 1. The van der Waals surface area contributed by atoms with Gasteiger partial charge in [0, 0.05) is 37.8 Å². The zero-order valence-corrected chi connectivity index (χ0v) is 13.2. The maximum absolute atomic E-state index is 5.56. The summed E-state index contributed by atoms with van der Waals surface area (Å²) in [5, 5.41) is 3.70. The summed E-state index contributed by atoms with van der Waals surface area (Å²) < 4.78 is 5.56. The van der Waals surface area contributed by atoms with E-state index >= 15 is 0 Å². The van der Waals surface area contributed by atoms with E-state index in [-0.39, 0.29) is 0 Å². The smallest absolute Gasteiger partial charge is 0.122 e.